The molecule has 2 aromatic heterocycles. The molecule has 0 unspecified atom stereocenters. The van der Waals surface area contributed by atoms with E-state index in [9.17, 15) is 4.79 Å². The third kappa shape index (κ3) is 4.86. The number of benzene rings is 1. The van der Waals surface area contributed by atoms with Gasteiger partial charge in [-0.05, 0) is 49.2 Å². The van der Waals surface area contributed by atoms with Gasteiger partial charge in [-0.3, -0.25) is 4.79 Å². The fraction of sp³-hybridized carbons (Fsp3) is 0.238. The van der Waals surface area contributed by atoms with Crippen LogP contribution >= 0.6 is 11.3 Å². The van der Waals surface area contributed by atoms with Crippen LogP contribution in [0.4, 0.5) is 0 Å². The van der Waals surface area contributed by atoms with Gasteiger partial charge >= 0.3 is 0 Å². The van der Waals surface area contributed by atoms with Crippen molar-refractivity contribution in [3.63, 3.8) is 0 Å². The average Bonchev–Trinajstić information content (AvgIpc) is 3.34. The summed E-state index contributed by atoms with van der Waals surface area (Å²) in [5, 5.41) is 2.82. The molecule has 2 heterocycles. The molecule has 0 spiro atoms. The summed E-state index contributed by atoms with van der Waals surface area (Å²) in [5.41, 5.74) is 3.26. The van der Waals surface area contributed by atoms with E-state index in [4.69, 9.17) is 9.15 Å². The van der Waals surface area contributed by atoms with Gasteiger partial charge in [0.2, 0.25) is 0 Å². The minimum atomic E-state index is -0.180. The third-order valence-electron chi connectivity index (χ3n) is 4.16. The molecular formula is C21H22N2O3S. The van der Waals surface area contributed by atoms with E-state index in [1.165, 1.54) is 28.7 Å². The Morgan fingerprint density at radius 3 is 2.89 bits per heavy atom. The summed E-state index contributed by atoms with van der Waals surface area (Å²) in [6.07, 6.45) is 3.18. The second kappa shape index (κ2) is 8.68. The first-order chi connectivity index (χ1) is 13.1. The lowest BCUT2D eigenvalue weighted by molar-refractivity contribution is 0.0729. The first-order valence-electron chi connectivity index (χ1n) is 8.64. The predicted molar refractivity (Wildman–Crippen MR) is 106 cm³/mol. The van der Waals surface area contributed by atoms with E-state index in [0.29, 0.717) is 25.5 Å². The molecule has 0 atom stereocenters. The topological polar surface area (TPSA) is 55.6 Å². The van der Waals surface area contributed by atoms with Crippen LogP contribution in [-0.2, 0) is 13.2 Å². The minimum Gasteiger partial charge on any atom is -0.486 e. The Bertz CT molecular complexity index is 915. The molecule has 0 fully saturated rings. The van der Waals surface area contributed by atoms with Crippen molar-refractivity contribution in [3.05, 3.63) is 82.2 Å². The lowest BCUT2D eigenvalue weighted by Gasteiger charge is -2.18. The molecule has 3 rings (SSSR count). The summed E-state index contributed by atoms with van der Waals surface area (Å²) in [6, 6.07) is 9.39. The fourth-order valence-electron chi connectivity index (χ4n) is 2.56. The van der Waals surface area contributed by atoms with Crippen LogP contribution in [0.2, 0.25) is 0 Å². The standard InChI is InChI=1S/C21H22N2O3S/c1-4-9-23(21(24)19-6-5-10-25-19)12-17-14-27-20(22-17)13-26-18-8-7-15(2)16(3)11-18/h4-8,10-11,14H,1,9,12-13H2,2-3H3. The molecule has 0 bridgehead atoms. The average molecular weight is 382 g/mol. The summed E-state index contributed by atoms with van der Waals surface area (Å²) in [6.45, 7) is 9.08. The van der Waals surface area contributed by atoms with Gasteiger partial charge in [0.25, 0.3) is 5.91 Å². The van der Waals surface area contributed by atoms with Crippen molar-refractivity contribution in [2.24, 2.45) is 0 Å². The molecule has 27 heavy (non-hydrogen) atoms. The van der Waals surface area contributed by atoms with Gasteiger partial charge in [-0.15, -0.1) is 17.9 Å². The Kier molecular flexibility index (Phi) is 6.08. The smallest absolute Gasteiger partial charge is 0.290 e. The van der Waals surface area contributed by atoms with E-state index in [1.807, 2.05) is 23.6 Å². The highest BCUT2D eigenvalue weighted by Crippen LogP contribution is 2.20. The number of amides is 1. The van der Waals surface area contributed by atoms with Crippen molar-refractivity contribution in [2.45, 2.75) is 27.0 Å². The number of aryl methyl sites for hydroxylation is 2. The molecule has 6 heteroatoms. The normalized spacial score (nSPS) is 10.6. The Balaban J connectivity index is 1.62. The van der Waals surface area contributed by atoms with Crippen LogP contribution in [0.3, 0.4) is 0 Å². The highest BCUT2D eigenvalue weighted by atomic mass is 32.1. The molecule has 0 saturated carbocycles. The number of hydrogen-bond acceptors (Lipinski definition) is 5. The monoisotopic (exact) mass is 382 g/mol. The molecule has 1 amide bonds. The summed E-state index contributed by atoms with van der Waals surface area (Å²) in [4.78, 5) is 18.7. The quantitative estimate of drug-likeness (QED) is 0.527. The number of nitrogens with zero attached hydrogens (tertiary/aromatic N) is 2. The lowest BCUT2D eigenvalue weighted by Crippen LogP contribution is -2.30. The SMILES string of the molecule is C=CCN(Cc1csc(COc2ccc(C)c(C)c2)n1)C(=O)c1ccco1. The maximum atomic E-state index is 12.5. The summed E-state index contributed by atoms with van der Waals surface area (Å²) >= 11 is 1.52. The van der Waals surface area contributed by atoms with Crippen LogP contribution in [0.25, 0.3) is 0 Å². The molecule has 0 radical (unpaired) electrons. The number of carbonyl (C=O) groups is 1. The molecule has 0 aliphatic rings. The number of aromatic nitrogens is 1. The van der Waals surface area contributed by atoms with E-state index in [0.717, 1.165) is 16.5 Å². The van der Waals surface area contributed by atoms with Gasteiger partial charge in [-0.1, -0.05) is 12.1 Å². The first kappa shape index (κ1) is 18.9. The zero-order valence-electron chi connectivity index (χ0n) is 15.5. The number of furan rings is 1. The van der Waals surface area contributed by atoms with Gasteiger partial charge in [-0.25, -0.2) is 4.98 Å². The van der Waals surface area contributed by atoms with Crippen molar-refractivity contribution in [1.82, 2.24) is 9.88 Å². The lowest BCUT2D eigenvalue weighted by atomic mass is 10.1. The van der Waals surface area contributed by atoms with Crippen molar-refractivity contribution in [1.29, 1.82) is 0 Å². The predicted octanol–water partition coefficient (Wildman–Crippen LogP) is 4.76. The van der Waals surface area contributed by atoms with E-state index in [1.54, 1.807) is 23.1 Å². The number of ether oxygens (including phenoxy) is 1. The molecular weight excluding hydrogens is 360 g/mol. The van der Waals surface area contributed by atoms with Crippen LogP contribution in [0, 0.1) is 13.8 Å². The largest absolute Gasteiger partial charge is 0.486 e. The maximum Gasteiger partial charge on any atom is 0.290 e. The van der Waals surface area contributed by atoms with Gasteiger partial charge in [0.15, 0.2) is 5.76 Å². The van der Waals surface area contributed by atoms with Crippen LogP contribution < -0.4 is 4.74 Å². The molecule has 0 aliphatic carbocycles. The highest BCUT2D eigenvalue weighted by Gasteiger charge is 2.18. The molecule has 3 aromatic rings. The van der Waals surface area contributed by atoms with Gasteiger partial charge in [0, 0.05) is 11.9 Å². The molecule has 0 aliphatic heterocycles. The van der Waals surface area contributed by atoms with E-state index < -0.39 is 0 Å². The Morgan fingerprint density at radius 2 is 2.19 bits per heavy atom. The third-order valence-corrected chi connectivity index (χ3v) is 5.03. The Morgan fingerprint density at radius 1 is 1.33 bits per heavy atom. The van der Waals surface area contributed by atoms with Crippen molar-refractivity contribution < 1.29 is 13.9 Å². The van der Waals surface area contributed by atoms with Crippen LogP contribution in [0.15, 0.2) is 59.0 Å². The number of thiazole rings is 1. The second-order valence-electron chi connectivity index (χ2n) is 6.22. The van der Waals surface area contributed by atoms with Crippen molar-refractivity contribution in [2.75, 3.05) is 6.54 Å². The van der Waals surface area contributed by atoms with E-state index >= 15 is 0 Å². The summed E-state index contributed by atoms with van der Waals surface area (Å²) < 4.78 is 11.0. The first-order valence-corrected chi connectivity index (χ1v) is 9.52. The molecule has 1 aromatic carbocycles. The zero-order valence-corrected chi connectivity index (χ0v) is 16.3. The molecule has 0 saturated heterocycles. The van der Waals surface area contributed by atoms with Crippen LogP contribution in [0.1, 0.15) is 32.4 Å². The Hall–Kier alpha value is -2.86. The highest BCUT2D eigenvalue weighted by molar-refractivity contribution is 7.09. The van der Waals surface area contributed by atoms with Gasteiger partial charge < -0.3 is 14.1 Å². The summed E-state index contributed by atoms with van der Waals surface area (Å²) in [5.74, 6) is 0.960. The molecule has 5 nitrogen and oxygen atoms in total. The fourth-order valence-corrected chi connectivity index (χ4v) is 3.26. The van der Waals surface area contributed by atoms with E-state index in [2.05, 4.69) is 25.4 Å². The second-order valence-corrected chi connectivity index (χ2v) is 7.16. The van der Waals surface area contributed by atoms with E-state index in [-0.39, 0.29) is 5.91 Å². The summed E-state index contributed by atoms with van der Waals surface area (Å²) in [7, 11) is 0. The van der Waals surface area contributed by atoms with Gasteiger partial charge in [0.05, 0.1) is 18.5 Å². The van der Waals surface area contributed by atoms with Gasteiger partial charge in [-0.2, -0.15) is 0 Å². The number of hydrogen-bond donors (Lipinski definition) is 0. The maximum absolute atomic E-state index is 12.5. The minimum absolute atomic E-state index is 0.180. The molecule has 0 N–H and O–H groups in total. The number of rotatable bonds is 8. The zero-order chi connectivity index (χ0) is 19.2. The van der Waals surface area contributed by atoms with Crippen LogP contribution in [-0.4, -0.2) is 22.3 Å². The van der Waals surface area contributed by atoms with Crippen LogP contribution in [0.5, 0.6) is 5.75 Å². The molecule has 140 valence electrons. The Labute approximate surface area is 162 Å². The van der Waals surface area contributed by atoms with Gasteiger partial charge in [0.1, 0.15) is 17.4 Å². The van der Waals surface area contributed by atoms with Crippen molar-refractivity contribution in [3.8, 4) is 5.75 Å². The van der Waals surface area contributed by atoms with Crippen molar-refractivity contribution >= 4 is 17.2 Å². The number of carbonyl (C=O) groups excluding carboxylic acids is 1.